The van der Waals surface area contributed by atoms with E-state index in [1.165, 1.54) is 12.1 Å². The first-order chi connectivity index (χ1) is 18.5. The number of nitrogens with zero attached hydrogens (tertiary/aromatic N) is 5. The Hall–Kier alpha value is -3.86. The van der Waals surface area contributed by atoms with Gasteiger partial charge in [-0.15, -0.1) is 11.3 Å². The number of thiophene rings is 1. The fourth-order valence-electron chi connectivity index (χ4n) is 4.75. The third-order valence-electron chi connectivity index (χ3n) is 6.48. The van der Waals surface area contributed by atoms with Crippen molar-refractivity contribution in [3.05, 3.63) is 58.6 Å². The average molecular weight is 552 g/mol. The van der Waals surface area contributed by atoms with Crippen LogP contribution in [0.25, 0.3) is 21.5 Å². The molecular formula is C28H30FN5O4S. The van der Waals surface area contributed by atoms with Crippen LogP contribution in [-0.4, -0.2) is 56.8 Å². The maximum absolute atomic E-state index is 15.5. The molecule has 0 N–H and O–H groups in total. The Bertz CT molecular complexity index is 1540. The summed E-state index contributed by atoms with van der Waals surface area (Å²) in [6.07, 6.45) is 2.49. The highest BCUT2D eigenvalue weighted by atomic mass is 32.1. The number of carbonyl (C=O) groups is 2. The van der Waals surface area contributed by atoms with E-state index in [0.29, 0.717) is 36.6 Å². The number of pyridine rings is 1. The van der Waals surface area contributed by atoms with Crippen molar-refractivity contribution in [1.29, 1.82) is 0 Å². The summed E-state index contributed by atoms with van der Waals surface area (Å²) in [5, 5.41) is 6.60. The molecule has 0 spiro atoms. The minimum atomic E-state index is -0.715. The number of amides is 2. The van der Waals surface area contributed by atoms with E-state index < -0.39 is 29.5 Å². The molecule has 1 fully saturated rings. The molecule has 1 saturated heterocycles. The summed E-state index contributed by atoms with van der Waals surface area (Å²) in [4.78, 5) is 39.0. The summed E-state index contributed by atoms with van der Waals surface area (Å²) in [7, 11) is 0. The summed E-state index contributed by atoms with van der Waals surface area (Å²) in [6.45, 7) is 9.82. The predicted octanol–water partition coefficient (Wildman–Crippen LogP) is 6.15. The van der Waals surface area contributed by atoms with Gasteiger partial charge < -0.3 is 14.2 Å². The summed E-state index contributed by atoms with van der Waals surface area (Å²) < 4.78 is 27.2. The highest BCUT2D eigenvalue weighted by Crippen LogP contribution is 2.36. The van der Waals surface area contributed by atoms with Gasteiger partial charge in [-0.05, 0) is 82.7 Å². The molecule has 1 aliphatic heterocycles. The smallest absolute Gasteiger partial charge is 0.410 e. The van der Waals surface area contributed by atoms with E-state index in [1.807, 2.05) is 39.1 Å². The van der Waals surface area contributed by atoms with E-state index in [2.05, 4.69) is 15.1 Å². The van der Waals surface area contributed by atoms with Gasteiger partial charge in [0, 0.05) is 34.9 Å². The molecule has 0 bridgehead atoms. The van der Waals surface area contributed by atoms with E-state index >= 15 is 4.39 Å². The van der Waals surface area contributed by atoms with Crippen molar-refractivity contribution >= 4 is 39.2 Å². The number of piperidine rings is 1. The normalized spacial score (nSPS) is 15.9. The number of hydrogen-bond donors (Lipinski definition) is 0. The van der Waals surface area contributed by atoms with Crippen molar-refractivity contribution in [1.82, 2.24) is 20.0 Å². The zero-order valence-corrected chi connectivity index (χ0v) is 23.3. The summed E-state index contributed by atoms with van der Waals surface area (Å²) in [5.41, 5.74) is 0.579. The van der Waals surface area contributed by atoms with Crippen LogP contribution in [-0.2, 0) is 4.74 Å². The third-order valence-corrected chi connectivity index (χ3v) is 7.55. The second-order valence-electron chi connectivity index (χ2n) is 10.7. The fraction of sp³-hybridized carbons (Fsp3) is 0.393. The highest BCUT2D eigenvalue weighted by Gasteiger charge is 2.36. The molecule has 2 amide bonds. The fourth-order valence-corrected chi connectivity index (χ4v) is 5.69. The van der Waals surface area contributed by atoms with Crippen molar-refractivity contribution < 1.29 is 23.2 Å². The number of fused-ring (bicyclic) bond motifs is 1. The Morgan fingerprint density at radius 3 is 2.72 bits per heavy atom. The zero-order chi connectivity index (χ0) is 27.9. The summed E-state index contributed by atoms with van der Waals surface area (Å²) in [6, 6.07) is 5.69. The second kappa shape index (κ2) is 10.4. The van der Waals surface area contributed by atoms with Crippen LogP contribution in [0.4, 0.5) is 15.0 Å². The van der Waals surface area contributed by atoms with Crippen molar-refractivity contribution in [2.45, 2.75) is 59.1 Å². The Balaban J connectivity index is 1.55. The molecule has 0 saturated carbocycles. The van der Waals surface area contributed by atoms with E-state index in [0.717, 1.165) is 15.6 Å². The Kier molecular flexibility index (Phi) is 7.11. The lowest BCUT2D eigenvalue weighted by Gasteiger charge is -2.39. The van der Waals surface area contributed by atoms with Crippen molar-refractivity contribution in [3.63, 3.8) is 0 Å². The molecule has 4 aromatic rings. The SMILES string of the molecule is Cc1noc(-c2ccc(C(=O)N(c3nccc4scc(C)c34)[C@@H]3CCCN(C(=O)OC(C)(C)C)C3)c(F)c2)n1. The van der Waals surface area contributed by atoms with Crippen LogP contribution in [0.5, 0.6) is 0 Å². The van der Waals surface area contributed by atoms with Crippen LogP contribution in [0.2, 0.25) is 0 Å². The lowest BCUT2D eigenvalue weighted by Crippen LogP contribution is -2.53. The molecule has 1 aromatic carbocycles. The lowest BCUT2D eigenvalue weighted by atomic mass is 10.0. The molecule has 1 atom stereocenters. The number of aryl methyl sites for hydroxylation is 2. The van der Waals surface area contributed by atoms with Gasteiger partial charge in [0.2, 0.25) is 0 Å². The van der Waals surface area contributed by atoms with Crippen LogP contribution in [0.3, 0.4) is 0 Å². The summed E-state index contributed by atoms with van der Waals surface area (Å²) >= 11 is 1.56. The van der Waals surface area contributed by atoms with Crippen molar-refractivity contribution in [3.8, 4) is 11.5 Å². The monoisotopic (exact) mass is 551 g/mol. The van der Waals surface area contributed by atoms with Gasteiger partial charge in [0.15, 0.2) is 5.82 Å². The number of rotatable bonds is 4. The van der Waals surface area contributed by atoms with Gasteiger partial charge in [-0.1, -0.05) is 5.16 Å². The zero-order valence-electron chi connectivity index (χ0n) is 22.5. The third kappa shape index (κ3) is 5.49. The van der Waals surface area contributed by atoms with Gasteiger partial charge in [-0.2, -0.15) is 4.98 Å². The number of hydrogen-bond acceptors (Lipinski definition) is 8. The molecule has 1 aliphatic rings. The summed E-state index contributed by atoms with van der Waals surface area (Å²) in [5.74, 6) is -0.213. The number of ether oxygens (including phenoxy) is 1. The Morgan fingerprint density at radius 1 is 1.23 bits per heavy atom. The first-order valence-electron chi connectivity index (χ1n) is 12.8. The molecule has 39 heavy (non-hydrogen) atoms. The largest absolute Gasteiger partial charge is 0.444 e. The topological polar surface area (TPSA) is 102 Å². The molecule has 0 unspecified atom stereocenters. The number of carbonyl (C=O) groups excluding carboxylic acids is 2. The molecule has 9 nitrogen and oxygen atoms in total. The molecule has 3 aromatic heterocycles. The van der Waals surface area contributed by atoms with Gasteiger partial charge in [0.05, 0.1) is 11.6 Å². The number of benzene rings is 1. The minimum Gasteiger partial charge on any atom is -0.444 e. The quantitative estimate of drug-likeness (QED) is 0.300. The van der Waals surface area contributed by atoms with Crippen LogP contribution in [0, 0.1) is 19.7 Å². The maximum Gasteiger partial charge on any atom is 0.410 e. The Morgan fingerprint density at radius 2 is 2.03 bits per heavy atom. The molecular weight excluding hydrogens is 521 g/mol. The van der Waals surface area contributed by atoms with E-state index in [9.17, 15) is 9.59 Å². The van der Waals surface area contributed by atoms with E-state index in [-0.39, 0.29) is 18.0 Å². The first kappa shape index (κ1) is 26.7. The molecule has 4 heterocycles. The van der Waals surface area contributed by atoms with Gasteiger partial charge in [0.1, 0.15) is 17.2 Å². The highest BCUT2D eigenvalue weighted by molar-refractivity contribution is 7.17. The maximum atomic E-state index is 15.5. The second-order valence-corrected chi connectivity index (χ2v) is 11.6. The Labute approximate surface area is 229 Å². The van der Waals surface area contributed by atoms with Crippen LogP contribution in [0.1, 0.15) is 55.4 Å². The lowest BCUT2D eigenvalue weighted by molar-refractivity contribution is 0.0196. The van der Waals surface area contributed by atoms with Gasteiger partial charge in [-0.25, -0.2) is 14.2 Å². The predicted molar refractivity (Wildman–Crippen MR) is 146 cm³/mol. The van der Waals surface area contributed by atoms with Gasteiger partial charge in [0.25, 0.3) is 11.8 Å². The molecule has 204 valence electrons. The number of anilines is 1. The first-order valence-corrected chi connectivity index (χ1v) is 13.6. The molecule has 0 aliphatic carbocycles. The van der Waals surface area contributed by atoms with Crippen molar-refractivity contribution in [2.75, 3.05) is 18.0 Å². The van der Waals surface area contributed by atoms with E-state index in [1.54, 1.807) is 40.3 Å². The van der Waals surface area contributed by atoms with Crippen LogP contribution in [0.15, 0.2) is 40.4 Å². The number of halogens is 1. The number of aromatic nitrogens is 3. The number of likely N-dealkylation sites (tertiary alicyclic amines) is 1. The molecule has 11 heteroatoms. The molecule has 5 rings (SSSR count). The van der Waals surface area contributed by atoms with Crippen LogP contribution >= 0.6 is 11.3 Å². The minimum absolute atomic E-state index is 0.115. The van der Waals surface area contributed by atoms with Crippen LogP contribution < -0.4 is 4.90 Å². The van der Waals surface area contributed by atoms with E-state index in [4.69, 9.17) is 9.26 Å². The van der Waals surface area contributed by atoms with Gasteiger partial charge in [-0.3, -0.25) is 9.69 Å². The standard InChI is InChI=1S/C28H30FN5O4S/c1-16-15-39-22-10-11-30-24(23(16)22)34(19-7-6-12-33(14-19)27(36)37-28(3,4)5)26(35)20-9-8-18(13-21(20)29)25-31-17(2)32-38-25/h8-11,13,15,19H,6-7,12,14H2,1-5H3/t19-/m1/s1. The van der Waals surface area contributed by atoms with Gasteiger partial charge >= 0.3 is 6.09 Å². The van der Waals surface area contributed by atoms with Crippen molar-refractivity contribution in [2.24, 2.45) is 0 Å². The molecule has 0 radical (unpaired) electrons. The average Bonchev–Trinajstić information content (AvgIpc) is 3.49.